The Hall–Kier alpha value is -3.87. The predicted molar refractivity (Wildman–Crippen MR) is 159 cm³/mol. The number of aromatic amines is 1. The second-order valence-corrected chi connectivity index (χ2v) is 12.5. The third kappa shape index (κ3) is 4.61. The first kappa shape index (κ1) is 25.1. The number of hydrogen-bond acceptors (Lipinski definition) is 5. The van der Waals surface area contributed by atoms with E-state index in [9.17, 15) is 4.79 Å². The van der Waals surface area contributed by atoms with Crippen molar-refractivity contribution in [2.45, 2.75) is 83.3 Å². The molecule has 0 radical (unpaired) electrons. The fraction of sp³-hybridized carbons (Fsp3) is 0.424. The predicted octanol–water partition coefficient (Wildman–Crippen LogP) is 8.22. The van der Waals surface area contributed by atoms with E-state index in [-0.39, 0.29) is 12.1 Å². The number of H-pyrrole nitrogens is 1. The van der Waals surface area contributed by atoms with Crippen molar-refractivity contribution in [1.29, 1.82) is 0 Å². The topological polar surface area (TPSA) is 83.7 Å². The third-order valence-electron chi connectivity index (χ3n) is 8.52. The van der Waals surface area contributed by atoms with Crippen molar-refractivity contribution in [3.8, 4) is 11.3 Å². The third-order valence-corrected chi connectivity index (χ3v) is 8.52. The SMILES string of the molecule is CC(C)(C)OC(=O)N1CCC[C@H]1C1=NC=C(c2ccc3c(c2)oc2cc(-c4cnc(C5CCCC5)[nH]4)ccc23)C1. The number of ether oxygens (including phenoxy) is 1. The minimum atomic E-state index is -0.509. The molecule has 1 saturated heterocycles. The number of fused-ring (bicyclic) bond motifs is 3. The van der Waals surface area contributed by atoms with Gasteiger partial charge in [0.25, 0.3) is 0 Å². The van der Waals surface area contributed by atoms with E-state index < -0.39 is 5.60 Å². The Bertz CT molecular complexity index is 1660. The number of amides is 1. The fourth-order valence-electron chi connectivity index (χ4n) is 6.51. The number of carbonyl (C=O) groups excluding carboxylic acids is 1. The van der Waals surface area contributed by atoms with E-state index in [1.54, 1.807) is 0 Å². The normalized spacial score (nSPS) is 20.1. The van der Waals surface area contributed by atoms with Gasteiger partial charge in [-0.2, -0.15) is 0 Å². The van der Waals surface area contributed by atoms with Crippen LogP contribution in [0.2, 0.25) is 0 Å². The maximum atomic E-state index is 12.8. The lowest BCUT2D eigenvalue weighted by atomic mass is 9.98. The molecule has 0 unspecified atom stereocenters. The summed E-state index contributed by atoms with van der Waals surface area (Å²) in [6.07, 6.45) is 11.3. The second kappa shape index (κ2) is 9.65. The fourth-order valence-corrected chi connectivity index (χ4v) is 6.51. The minimum Gasteiger partial charge on any atom is -0.456 e. The molecule has 206 valence electrons. The molecule has 1 atom stereocenters. The van der Waals surface area contributed by atoms with Gasteiger partial charge >= 0.3 is 6.09 Å². The summed E-state index contributed by atoms with van der Waals surface area (Å²) in [7, 11) is 0. The number of imidazole rings is 1. The number of allylic oxidation sites excluding steroid dienone is 1. The number of carbonyl (C=O) groups is 1. The molecule has 4 aromatic rings. The Labute approximate surface area is 234 Å². The lowest BCUT2D eigenvalue weighted by Crippen LogP contribution is -2.43. The van der Waals surface area contributed by atoms with Gasteiger partial charge in [0.1, 0.15) is 22.6 Å². The molecule has 2 aromatic carbocycles. The van der Waals surface area contributed by atoms with E-state index in [1.807, 2.05) is 38.1 Å². The molecular weight excluding hydrogens is 500 g/mol. The highest BCUT2D eigenvalue weighted by Gasteiger charge is 2.36. The Morgan fingerprint density at radius 3 is 2.48 bits per heavy atom. The van der Waals surface area contributed by atoms with Crippen molar-refractivity contribution < 1.29 is 13.9 Å². The van der Waals surface area contributed by atoms with Gasteiger partial charge < -0.3 is 14.1 Å². The summed E-state index contributed by atoms with van der Waals surface area (Å²) in [4.78, 5) is 27.7. The molecule has 0 spiro atoms. The van der Waals surface area contributed by atoms with Crippen LogP contribution < -0.4 is 0 Å². The highest BCUT2D eigenvalue weighted by molar-refractivity contribution is 6.08. The average Bonchev–Trinajstić information content (AvgIpc) is 3.76. The number of furan rings is 1. The smallest absolute Gasteiger partial charge is 0.410 e. The Morgan fingerprint density at radius 1 is 1.00 bits per heavy atom. The summed E-state index contributed by atoms with van der Waals surface area (Å²) < 4.78 is 12.0. The van der Waals surface area contributed by atoms with Gasteiger partial charge in [0, 0.05) is 47.1 Å². The van der Waals surface area contributed by atoms with Gasteiger partial charge in [-0.1, -0.05) is 25.0 Å². The number of hydrogen-bond donors (Lipinski definition) is 1. The first-order chi connectivity index (χ1) is 19.3. The zero-order valence-corrected chi connectivity index (χ0v) is 23.5. The van der Waals surface area contributed by atoms with Crippen LogP contribution in [0.1, 0.15) is 83.0 Å². The van der Waals surface area contributed by atoms with Crippen molar-refractivity contribution in [2.75, 3.05) is 6.54 Å². The zero-order valence-electron chi connectivity index (χ0n) is 23.5. The van der Waals surface area contributed by atoms with Crippen LogP contribution in [0.15, 0.2) is 58.2 Å². The molecule has 7 nitrogen and oxygen atoms in total. The molecule has 2 aromatic heterocycles. The largest absolute Gasteiger partial charge is 0.456 e. The number of nitrogens with one attached hydrogen (secondary N) is 1. The number of aromatic nitrogens is 2. The van der Waals surface area contributed by atoms with Gasteiger partial charge in [0.15, 0.2) is 0 Å². The van der Waals surface area contributed by atoms with E-state index in [0.29, 0.717) is 12.5 Å². The van der Waals surface area contributed by atoms with Gasteiger partial charge in [-0.25, -0.2) is 9.78 Å². The lowest BCUT2D eigenvalue weighted by Gasteiger charge is -2.28. The Morgan fingerprint density at radius 2 is 1.73 bits per heavy atom. The summed E-state index contributed by atoms with van der Waals surface area (Å²) in [6, 6.07) is 12.8. The van der Waals surface area contributed by atoms with E-state index in [0.717, 1.165) is 75.1 Å². The van der Waals surface area contributed by atoms with Crippen LogP contribution in [0, 0.1) is 0 Å². The van der Waals surface area contributed by atoms with E-state index >= 15 is 0 Å². The Kier molecular flexibility index (Phi) is 6.06. The summed E-state index contributed by atoms with van der Waals surface area (Å²) in [5, 5.41) is 2.21. The van der Waals surface area contributed by atoms with Crippen molar-refractivity contribution in [3.05, 3.63) is 60.2 Å². The number of rotatable bonds is 4. The van der Waals surface area contributed by atoms with E-state index in [2.05, 4.69) is 46.4 Å². The van der Waals surface area contributed by atoms with Gasteiger partial charge in [-0.3, -0.25) is 9.89 Å². The van der Waals surface area contributed by atoms with Crippen LogP contribution >= 0.6 is 0 Å². The van der Waals surface area contributed by atoms with Crippen LogP contribution in [-0.2, 0) is 4.74 Å². The number of aliphatic imine (C=N–C) groups is 1. The molecule has 7 rings (SSSR count). The highest BCUT2D eigenvalue weighted by atomic mass is 16.6. The highest BCUT2D eigenvalue weighted by Crippen LogP contribution is 2.37. The van der Waals surface area contributed by atoms with E-state index in [1.165, 1.54) is 25.7 Å². The zero-order chi connectivity index (χ0) is 27.4. The van der Waals surface area contributed by atoms with Gasteiger partial charge in [-0.05, 0) is 81.9 Å². The molecule has 40 heavy (non-hydrogen) atoms. The Balaban J connectivity index is 1.10. The maximum absolute atomic E-state index is 12.8. The molecule has 1 amide bonds. The molecule has 2 fully saturated rings. The van der Waals surface area contributed by atoms with Crippen LogP contribution in [-0.4, -0.2) is 44.9 Å². The molecule has 1 saturated carbocycles. The first-order valence-electron chi connectivity index (χ1n) is 14.6. The summed E-state index contributed by atoms with van der Waals surface area (Å²) in [5.41, 5.74) is 6.64. The van der Waals surface area contributed by atoms with Crippen LogP contribution in [0.3, 0.4) is 0 Å². The maximum Gasteiger partial charge on any atom is 0.410 e. The van der Waals surface area contributed by atoms with E-state index in [4.69, 9.17) is 14.1 Å². The molecule has 4 heterocycles. The summed E-state index contributed by atoms with van der Waals surface area (Å²) in [5.74, 6) is 1.67. The van der Waals surface area contributed by atoms with Gasteiger partial charge in [0.2, 0.25) is 0 Å². The molecule has 7 heteroatoms. The van der Waals surface area contributed by atoms with Crippen molar-refractivity contribution in [1.82, 2.24) is 14.9 Å². The summed E-state index contributed by atoms with van der Waals surface area (Å²) in [6.45, 7) is 6.42. The molecule has 2 aliphatic heterocycles. The molecule has 1 aliphatic carbocycles. The van der Waals surface area contributed by atoms with Gasteiger partial charge in [-0.15, -0.1) is 0 Å². The molecule has 3 aliphatic rings. The molecule has 1 N–H and O–H groups in total. The van der Waals surface area contributed by atoms with Crippen LogP contribution in [0.25, 0.3) is 38.8 Å². The van der Waals surface area contributed by atoms with Crippen molar-refractivity contribution in [2.24, 2.45) is 4.99 Å². The number of likely N-dealkylation sites (tertiary alicyclic amines) is 1. The molecular formula is C33H36N4O3. The molecule has 0 bridgehead atoms. The van der Waals surface area contributed by atoms with Crippen molar-refractivity contribution >= 4 is 39.3 Å². The van der Waals surface area contributed by atoms with Gasteiger partial charge in [0.05, 0.1) is 17.9 Å². The van der Waals surface area contributed by atoms with Crippen LogP contribution in [0.5, 0.6) is 0 Å². The second-order valence-electron chi connectivity index (χ2n) is 12.5. The summed E-state index contributed by atoms with van der Waals surface area (Å²) >= 11 is 0. The standard InChI is InChI=1S/C33H36N4O3/c1-33(2,3)40-32(38)37-14-6-9-28(37)26-15-23(18-34-26)21-10-12-24-25-13-11-22(17-30(25)39-29(24)16-21)27-19-35-31(36-27)20-7-4-5-8-20/h10-13,16-20,28H,4-9,14-15H2,1-3H3,(H,35,36)/t28-/m0/s1. The quantitative estimate of drug-likeness (QED) is 0.285. The monoisotopic (exact) mass is 536 g/mol. The minimum absolute atomic E-state index is 0.00591. The van der Waals surface area contributed by atoms with Crippen LogP contribution in [0.4, 0.5) is 4.79 Å². The number of benzene rings is 2. The first-order valence-corrected chi connectivity index (χ1v) is 14.6. The van der Waals surface area contributed by atoms with Crippen molar-refractivity contribution in [3.63, 3.8) is 0 Å². The average molecular weight is 537 g/mol. The number of nitrogens with zero attached hydrogens (tertiary/aromatic N) is 3. The lowest BCUT2D eigenvalue weighted by molar-refractivity contribution is 0.0265.